The molecule has 0 amide bonds. The smallest absolute Gasteiger partial charge is 0.337 e. The maximum absolute atomic E-state index is 12.3. The van der Waals surface area contributed by atoms with Gasteiger partial charge >= 0.3 is 5.97 Å². The van der Waals surface area contributed by atoms with Crippen molar-refractivity contribution in [2.24, 2.45) is 0 Å². The minimum absolute atomic E-state index is 0.0794. The van der Waals surface area contributed by atoms with Gasteiger partial charge in [0.05, 0.1) is 12.7 Å². The number of ether oxygens (including phenoxy) is 1. The quantitative estimate of drug-likeness (QED) is 0.641. The van der Waals surface area contributed by atoms with Gasteiger partial charge in [-0.1, -0.05) is 22.0 Å². The standard InChI is InChI=1S/C14H14BrNO3/c1-19-14(18)11-4-3-10-5-8-16(7-2-6-15)13(17)12(10)9-11/h3-5,8-9H,2,6-7H2,1H3. The van der Waals surface area contributed by atoms with Gasteiger partial charge in [0.25, 0.3) is 5.56 Å². The van der Waals surface area contributed by atoms with Crippen molar-refractivity contribution in [3.8, 4) is 0 Å². The number of hydrogen-bond donors (Lipinski definition) is 0. The minimum atomic E-state index is -0.433. The van der Waals surface area contributed by atoms with E-state index in [0.29, 0.717) is 17.5 Å². The van der Waals surface area contributed by atoms with Crippen LogP contribution < -0.4 is 5.56 Å². The molecule has 0 radical (unpaired) electrons. The summed E-state index contributed by atoms with van der Waals surface area (Å²) in [5, 5.41) is 2.22. The van der Waals surface area contributed by atoms with E-state index in [4.69, 9.17) is 0 Å². The van der Waals surface area contributed by atoms with Crippen molar-refractivity contribution in [3.63, 3.8) is 0 Å². The van der Waals surface area contributed by atoms with Crippen LogP contribution >= 0.6 is 15.9 Å². The van der Waals surface area contributed by atoms with E-state index in [1.165, 1.54) is 7.11 Å². The highest BCUT2D eigenvalue weighted by atomic mass is 79.9. The van der Waals surface area contributed by atoms with E-state index in [9.17, 15) is 9.59 Å². The second kappa shape index (κ2) is 6.02. The van der Waals surface area contributed by atoms with Gasteiger partial charge in [-0.25, -0.2) is 4.79 Å². The summed E-state index contributed by atoms with van der Waals surface area (Å²) in [5.74, 6) is -0.433. The number of pyridine rings is 1. The Morgan fingerprint density at radius 3 is 2.84 bits per heavy atom. The Kier molecular flexibility index (Phi) is 4.37. The third-order valence-electron chi connectivity index (χ3n) is 2.93. The lowest BCUT2D eigenvalue weighted by molar-refractivity contribution is 0.0601. The van der Waals surface area contributed by atoms with Crippen LogP contribution in [0.25, 0.3) is 10.8 Å². The molecule has 1 aromatic heterocycles. The van der Waals surface area contributed by atoms with E-state index in [0.717, 1.165) is 17.1 Å². The number of alkyl halides is 1. The van der Waals surface area contributed by atoms with Crippen LogP contribution in [0.15, 0.2) is 35.3 Å². The number of aromatic nitrogens is 1. The zero-order valence-electron chi connectivity index (χ0n) is 10.6. The van der Waals surface area contributed by atoms with E-state index >= 15 is 0 Å². The van der Waals surface area contributed by atoms with Crippen LogP contribution in [-0.2, 0) is 11.3 Å². The minimum Gasteiger partial charge on any atom is -0.465 e. The third-order valence-corrected chi connectivity index (χ3v) is 3.49. The number of fused-ring (bicyclic) bond motifs is 1. The molecule has 1 aromatic carbocycles. The molecular weight excluding hydrogens is 310 g/mol. The van der Waals surface area contributed by atoms with E-state index < -0.39 is 5.97 Å². The Bertz CT molecular complexity index is 663. The summed E-state index contributed by atoms with van der Waals surface area (Å²) in [6.07, 6.45) is 2.66. The molecule has 0 N–H and O–H groups in total. The molecule has 0 unspecified atom stereocenters. The van der Waals surface area contributed by atoms with Crippen molar-refractivity contribution in [1.82, 2.24) is 4.57 Å². The van der Waals surface area contributed by atoms with Gasteiger partial charge in [0, 0.05) is 23.5 Å². The monoisotopic (exact) mass is 323 g/mol. The Balaban J connectivity index is 2.53. The lowest BCUT2D eigenvalue weighted by Gasteiger charge is -2.07. The summed E-state index contributed by atoms with van der Waals surface area (Å²) in [5.41, 5.74) is 0.314. The number of nitrogens with zero attached hydrogens (tertiary/aromatic N) is 1. The van der Waals surface area contributed by atoms with Gasteiger partial charge in [-0.15, -0.1) is 0 Å². The number of carbonyl (C=O) groups excluding carboxylic acids is 1. The zero-order valence-corrected chi connectivity index (χ0v) is 12.1. The summed E-state index contributed by atoms with van der Waals surface area (Å²) < 4.78 is 6.32. The third kappa shape index (κ3) is 2.87. The number of rotatable bonds is 4. The molecule has 2 aromatic rings. The average molecular weight is 324 g/mol. The predicted molar refractivity (Wildman–Crippen MR) is 78.0 cm³/mol. The fourth-order valence-electron chi connectivity index (χ4n) is 1.93. The fourth-order valence-corrected chi connectivity index (χ4v) is 2.18. The number of aryl methyl sites for hydroxylation is 1. The van der Waals surface area contributed by atoms with Crippen LogP contribution in [0.3, 0.4) is 0 Å². The van der Waals surface area contributed by atoms with Crippen molar-refractivity contribution < 1.29 is 9.53 Å². The molecule has 0 saturated heterocycles. The number of methoxy groups -OCH3 is 1. The summed E-state index contributed by atoms with van der Waals surface area (Å²) >= 11 is 3.34. The van der Waals surface area contributed by atoms with Crippen LogP contribution in [0.1, 0.15) is 16.8 Å². The second-order valence-corrected chi connectivity index (χ2v) is 4.94. The lowest BCUT2D eigenvalue weighted by Crippen LogP contribution is -2.20. The Morgan fingerprint density at radius 1 is 1.37 bits per heavy atom. The first-order valence-corrected chi connectivity index (χ1v) is 7.07. The van der Waals surface area contributed by atoms with Crippen LogP contribution in [0.2, 0.25) is 0 Å². The van der Waals surface area contributed by atoms with Crippen molar-refractivity contribution in [3.05, 3.63) is 46.4 Å². The van der Waals surface area contributed by atoms with Crippen LogP contribution in [0, 0.1) is 0 Å². The molecule has 0 bridgehead atoms. The van der Waals surface area contributed by atoms with Crippen molar-refractivity contribution >= 4 is 32.7 Å². The van der Waals surface area contributed by atoms with Gasteiger partial charge in [0.15, 0.2) is 0 Å². The number of halogens is 1. The average Bonchev–Trinajstić information content (AvgIpc) is 2.45. The van der Waals surface area contributed by atoms with Crippen LogP contribution in [0.4, 0.5) is 0 Å². The summed E-state index contributed by atoms with van der Waals surface area (Å²) in [6, 6.07) is 6.90. The molecule has 0 atom stereocenters. The van der Waals surface area contributed by atoms with Gasteiger partial charge in [-0.3, -0.25) is 4.79 Å². The second-order valence-electron chi connectivity index (χ2n) is 4.15. The molecule has 0 aliphatic heterocycles. The molecular formula is C14H14BrNO3. The maximum atomic E-state index is 12.3. The molecule has 100 valence electrons. The van der Waals surface area contributed by atoms with Crippen LogP contribution in [0.5, 0.6) is 0 Å². The summed E-state index contributed by atoms with van der Waals surface area (Å²) in [6.45, 7) is 0.655. The molecule has 2 rings (SSSR count). The first kappa shape index (κ1) is 13.8. The zero-order chi connectivity index (χ0) is 13.8. The van der Waals surface area contributed by atoms with Gasteiger partial charge < -0.3 is 9.30 Å². The molecule has 5 heteroatoms. The molecule has 4 nitrogen and oxygen atoms in total. The van der Waals surface area contributed by atoms with E-state index in [2.05, 4.69) is 20.7 Å². The fraction of sp³-hybridized carbons (Fsp3) is 0.286. The SMILES string of the molecule is COC(=O)c1ccc2ccn(CCCBr)c(=O)c2c1. The molecule has 0 aliphatic carbocycles. The molecule has 19 heavy (non-hydrogen) atoms. The summed E-state index contributed by atoms with van der Waals surface area (Å²) in [7, 11) is 1.33. The van der Waals surface area contributed by atoms with Gasteiger partial charge in [0.2, 0.25) is 0 Å². The maximum Gasteiger partial charge on any atom is 0.337 e. The lowest BCUT2D eigenvalue weighted by atomic mass is 10.1. The normalized spacial score (nSPS) is 10.6. The number of benzene rings is 1. The van der Waals surface area contributed by atoms with E-state index in [1.54, 1.807) is 29.0 Å². The highest BCUT2D eigenvalue weighted by molar-refractivity contribution is 9.09. The van der Waals surface area contributed by atoms with Crippen molar-refractivity contribution in [2.45, 2.75) is 13.0 Å². The molecule has 0 saturated carbocycles. The van der Waals surface area contributed by atoms with Gasteiger partial charge in [-0.05, 0) is 30.0 Å². The highest BCUT2D eigenvalue weighted by Crippen LogP contribution is 2.13. The highest BCUT2D eigenvalue weighted by Gasteiger charge is 2.09. The van der Waals surface area contributed by atoms with E-state index in [1.807, 2.05) is 6.07 Å². The van der Waals surface area contributed by atoms with Crippen LogP contribution in [-0.4, -0.2) is 23.0 Å². The van der Waals surface area contributed by atoms with E-state index in [-0.39, 0.29) is 5.56 Å². The number of esters is 1. The Morgan fingerprint density at radius 2 is 2.16 bits per heavy atom. The Labute approximate surface area is 119 Å². The Hall–Kier alpha value is -1.62. The first-order chi connectivity index (χ1) is 9.17. The molecule has 1 heterocycles. The van der Waals surface area contributed by atoms with Gasteiger partial charge in [-0.2, -0.15) is 0 Å². The largest absolute Gasteiger partial charge is 0.465 e. The predicted octanol–water partition coefficient (Wildman–Crippen LogP) is 2.57. The topological polar surface area (TPSA) is 48.3 Å². The summed E-state index contributed by atoms with van der Waals surface area (Å²) in [4.78, 5) is 23.8. The number of hydrogen-bond acceptors (Lipinski definition) is 3. The molecule has 0 aliphatic rings. The molecule has 0 spiro atoms. The first-order valence-electron chi connectivity index (χ1n) is 5.95. The molecule has 0 fully saturated rings. The van der Waals surface area contributed by atoms with Gasteiger partial charge in [0.1, 0.15) is 0 Å². The van der Waals surface area contributed by atoms with Crippen molar-refractivity contribution in [1.29, 1.82) is 0 Å². The van der Waals surface area contributed by atoms with Crippen molar-refractivity contribution in [2.75, 3.05) is 12.4 Å². The number of carbonyl (C=O) groups is 1.